The van der Waals surface area contributed by atoms with Crippen LogP contribution in [0.1, 0.15) is 15.4 Å². The zero-order valence-corrected chi connectivity index (χ0v) is 10.8. The largest absolute Gasteiger partial charge is 0.478 e. The first-order valence-electron chi connectivity index (χ1n) is 5.42. The van der Waals surface area contributed by atoms with E-state index in [1.165, 1.54) is 30.5 Å². The maximum Gasteiger partial charge on any atom is 0.328 e. The fraction of sp³-hybridized carbons (Fsp3) is 0. The fourth-order valence-corrected chi connectivity index (χ4v) is 2.03. The summed E-state index contributed by atoms with van der Waals surface area (Å²) >= 11 is 1.12. The lowest BCUT2D eigenvalue weighted by Crippen LogP contribution is -2.17. The summed E-state index contributed by atoms with van der Waals surface area (Å²) in [7, 11) is 0. The average Bonchev–Trinajstić information content (AvgIpc) is 2.84. The summed E-state index contributed by atoms with van der Waals surface area (Å²) in [5.74, 6) is -1.56. The van der Waals surface area contributed by atoms with Crippen molar-refractivity contribution in [2.24, 2.45) is 0 Å². The molecule has 0 saturated heterocycles. The van der Waals surface area contributed by atoms with Gasteiger partial charge in [-0.1, -0.05) is 17.4 Å². The van der Waals surface area contributed by atoms with Crippen LogP contribution in [0.5, 0.6) is 0 Å². The van der Waals surface area contributed by atoms with E-state index in [1.807, 2.05) is 0 Å². The number of aromatic nitrogens is 2. The lowest BCUT2D eigenvalue weighted by atomic mass is 10.3. The van der Waals surface area contributed by atoms with E-state index in [-0.39, 0.29) is 11.3 Å². The van der Waals surface area contributed by atoms with E-state index < -0.39 is 11.9 Å². The Morgan fingerprint density at radius 1 is 1.40 bits per heavy atom. The first kappa shape index (κ1) is 13.7. The molecule has 0 aliphatic heterocycles. The number of anilines is 1. The number of hydrogen-bond donors (Lipinski definition) is 3. The van der Waals surface area contributed by atoms with E-state index in [0.29, 0.717) is 10.0 Å². The summed E-state index contributed by atoms with van der Waals surface area (Å²) in [6.45, 7) is 0. The van der Waals surface area contributed by atoms with Crippen LogP contribution >= 0.6 is 11.3 Å². The molecule has 0 fully saturated rings. The highest BCUT2D eigenvalue weighted by molar-refractivity contribution is 7.16. The molecular weight excluding hydrogens is 282 g/mol. The molecule has 2 heterocycles. The lowest BCUT2D eigenvalue weighted by Gasteiger charge is -2.00. The fourth-order valence-electron chi connectivity index (χ4n) is 1.32. The second-order valence-corrected chi connectivity index (χ2v) is 4.68. The summed E-state index contributed by atoms with van der Waals surface area (Å²) in [6, 6.07) is 4.24. The highest BCUT2D eigenvalue weighted by atomic mass is 32.1. The number of hydrogen-bond acceptors (Lipinski definition) is 5. The third kappa shape index (κ3) is 3.62. The Labute approximate surface area is 116 Å². The second kappa shape index (κ2) is 5.93. The van der Waals surface area contributed by atoms with Gasteiger partial charge in [0, 0.05) is 23.2 Å². The Bertz CT molecular complexity index is 732. The van der Waals surface area contributed by atoms with E-state index in [9.17, 15) is 14.4 Å². The Hall–Kier alpha value is -2.74. The second-order valence-electron chi connectivity index (χ2n) is 3.62. The minimum atomic E-state index is -1.06. The Morgan fingerprint density at radius 2 is 2.20 bits per heavy atom. The molecule has 102 valence electrons. The number of thiazole rings is 1. The molecule has 7 nitrogen and oxygen atoms in total. The summed E-state index contributed by atoms with van der Waals surface area (Å²) in [4.78, 5) is 40.2. The number of aromatic amines is 1. The number of H-pyrrole nitrogens is 1. The van der Waals surface area contributed by atoms with Crippen LogP contribution in [-0.4, -0.2) is 27.0 Å². The van der Waals surface area contributed by atoms with E-state index >= 15 is 0 Å². The van der Waals surface area contributed by atoms with Crippen LogP contribution in [0.25, 0.3) is 6.08 Å². The van der Waals surface area contributed by atoms with Crippen LogP contribution in [0.2, 0.25) is 0 Å². The van der Waals surface area contributed by atoms with Gasteiger partial charge in [-0.2, -0.15) is 0 Å². The van der Waals surface area contributed by atoms with Gasteiger partial charge >= 0.3 is 5.97 Å². The van der Waals surface area contributed by atoms with Gasteiger partial charge in [0.15, 0.2) is 5.13 Å². The molecule has 0 spiro atoms. The number of aliphatic carboxylic acids is 1. The molecule has 0 radical (unpaired) electrons. The molecule has 0 aromatic carbocycles. The summed E-state index contributed by atoms with van der Waals surface area (Å²) in [5.41, 5.74) is -0.253. The highest BCUT2D eigenvalue weighted by Gasteiger charge is 2.09. The van der Waals surface area contributed by atoms with Crippen molar-refractivity contribution in [3.63, 3.8) is 0 Å². The number of carbonyl (C=O) groups excluding carboxylic acids is 1. The van der Waals surface area contributed by atoms with Gasteiger partial charge in [-0.15, -0.1) is 0 Å². The Morgan fingerprint density at radius 3 is 2.90 bits per heavy atom. The molecule has 0 unspecified atom stereocenters. The van der Waals surface area contributed by atoms with Crippen LogP contribution in [-0.2, 0) is 4.79 Å². The third-order valence-electron chi connectivity index (χ3n) is 2.15. The zero-order valence-electron chi connectivity index (χ0n) is 9.99. The van der Waals surface area contributed by atoms with Crippen molar-refractivity contribution in [2.75, 3.05) is 5.32 Å². The van der Waals surface area contributed by atoms with Gasteiger partial charge in [-0.05, 0) is 12.1 Å². The van der Waals surface area contributed by atoms with Gasteiger partial charge in [0.25, 0.3) is 5.91 Å². The number of rotatable bonds is 4. The van der Waals surface area contributed by atoms with Gasteiger partial charge in [0.1, 0.15) is 5.69 Å². The molecule has 0 bridgehead atoms. The predicted octanol–water partition coefficient (Wildman–Crippen LogP) is 1.18. The summed E-state index contributed by atoms with van der Waals surface area (Å²) in [6.07, 6.45) is 3.79. The van der Waals surface area contributed by atoms with Crippen molar-refractivity contribution in [3.05, 3.63) is 51.4 Å². The maximum atomic E-state index is 11.8. The number of carboxylic acids is 1. The number of nitrogens with zero attached hydrogens (tertiary/aromatic N) is 1. The molecule has 2 aromatic rings. The molecule has 8 heteroatoms. The predicted molar refractivity (Wildman–Crippen MR) is 73.8 cm³/mol. The monoisotopic (exact) mass is 291 g/mol. The smallest absolute Gasteiger partial charge is 0.328 e. The van der Waals surface area contributed by atoms with E-state index in [4.69, 9.17) is 5.11 Å². The van der Waals surface area contributed by atoms with Crippen molar-refractivity contribution in [2.45, 2.75) is 0 Å². The van der Waals surface area contributed by atoms with Crippen molar-refractivity contribution in [1.29, 1.82) is 0 Å². The van der Waals surface area contributed by atoms with E-state index in [2.05, 4.69) is 15.3 Å². The molecule has 0 saturated carbocycles. The lowest BCUT2D eigenvalue weighted by molar-refractivity contribution is -0.131. The molecule has 2 aromatic heterocycles. The normalized spacial score (nSPS) is 10.6. The van der Waals surface area contributed by atoms with Crippen LogP contribution in [0.4, 0.5) is 5.13 Å². The molecule has 20 heavy (non-hydrogen) atoms. The summed E-state index contributed by atoms with van der Waals surface area (Å²) < 4.78 is 0. The van der Waals surface area contributed by atoms with Gasteiger partial charge in [0.2, 0.25) is 5.56 Å². The first-order valence-corrected chi connectivity index (χ1v) is 6.24. The van der Waals surface area contributed by atoms with Crippen molar-refractivity contribution in [3.8, 4) is 0 Å². The SMILES string of the molecule is O=C(O)/C=C/c1cnc(NC(=O)c2cccc(=O)[nH]2)s1. The Balaban J connectivity index is 2.09. The number of pyridine rings is 1. The minimum absolute atomic E-state index is 0.121. The van der Waals surface area contributed by atoms with Crippen LogP contribution in [0, 0.1) is 0 Å². The first-order chi connectivity index (χ1) is 9.54. The molecule has 0 aliphatic rings. The topological polar surface area (TPSA) is 112 Å². The Kier molecular flexibility index (Phi) is 4.06. The standard InChI is InChI=1S/C12H9N3O4S/c16-9-3-1-2-8(14-9)11(19)15-12-13-6-7(20-12)4-5-10(17)18/h1-6H,(H,14,16)(H,17,18)(H,13,15,19)/b5-4+. The molecule has 0 aliphatic carbocycles. The van der Waals surface area contributed by atoms with Crippen molar-refractivity contribution < 1.29 is 14.7 Å². The van der Waals surface area contributed by atoms with Crippen LogP contribution in [0.3, 0.4) is 0 Å². The van der Waals surface area contributed by atoms with Crippen LogP contribution in [0.15, 0.2) is 35.3 Å². The van der Waals surface area contributed by atoms with Gasteiger partial charge in [-0.25, -0.2) is 9.78 Å². The van der Waals surface area contributed by atoms with E-state index in [0.717, 1.165) is 17.4 Å². The van der Waals surface area contributed by atoms with Crippen LogP contribution < -0.4 is 10.9 Å². The van der Waals surface area contributed by atoms with Crippen molar-refractivity contribution in [1.82, 2.24) is 9.97 Å². The highest BCUT2D eigenvalue weighted by Crippen LogP contribution is 2.19. The molecule has 2 rings (SSSR count). The number of amides is 1. The quantitative estimate of drug-likeness (QED) is 0.732. The zero-order chi connectivity index (χ0) is 14.5. The molecular formula is C12H9N3O4S. The van der Waals surface area contributed by atoms with Gasteiger partial charge in [0.05, 0.1) is 0 Å². The summed E-state index contributed by atoms with van der Waals surface area (Å²) in [5, 5.41) is 11.3. The third-order valence-corrected chi connectivity index (χ3v) is 3.03. The van der Waals surface area contributed by atoms with Gasteiger partial charge in [-0.3, -0.25) is 14.9 Å². The van der Waals surface area contributed by atoms with Gasteiger partial charge < -0.3 is 10.1 Å². The molecule has 0 atom stereocenters. The molecule has 1 amide bonds. The maximum absolute atomic E-state index is 11.8. The average molecular weight is 291 g/mol. The van der Waals surface area contributed by atoms with E-state index in [1.54, 1.807) is 0 Å². The number of nitrogens with one attached hydrogen (secondary N) is 2. The number of carbonyl (C=O) groups is 2. The number of carboxylic acid groups (broad SMARTS) is 1. The molecule has 3 N–H and O–H groups in total. The van der Waals surface area contributed by atoms with Crippen molar-refractivity contribution >= 4 is 34.4 Å². The minimum Gasteiger partial charge on any atom is -0.478 e.